The lowest BCUT2D eigenvalue weighted by Crippen LogP contribution is -2.52. The number of carboxylic acid groups (broad SMARTS) is 1. The number of aromatic nitrogens is 2. The third kappa shape index (κ3) is 9.18. The quantitative estimate of drug-likeness (QED) is 0.113. The summed E-state index contributed by atoms with van der Waals surface area (Å²) in [6.07, 6.45) is 3.85. The second-order valence-electron chi connectivity index (χ2n) is 13.4. The molecule has 5 rings (SSSR count). The number of likely N-dealkylation sites (tertiary alicyclic amines) is 1. The van der Waals surface area contributed by atoms with Gasteiger partial charge in [-0.3, -0.25) is 4.79 Å². The monoisotopic (exact) mass is 661 g/mol. The molecular weight excluding hydrogens is 617 g/mol. The first-order valence-corrected chi connectivity index (χ1v) is 19.7. The van der Waals surface area contributed by atoms with Crippen LogP contribution in [0.2, 0.25) is 25.7 Å². The summed E-state index contributed by atoms with van der Waals surface area (Å²) in [5.41, 5.74) is 2.96. The van der Waals surface area contributed by atoms with E-state index in [0.29, 0.717) is 30.3 Å². The van der Waals surface area contributed by atoms with Crippen LogP contribution in [0, 0.1) is 5.82 Å². The first-order chi connectivity index (χ1) is 22.5. The largest absolute Gasteiger partial charge is 0.465 e. The van der Waals surface area contributed by atoms with Crippen LogP contribution in [0.3, 0.4) is 0 Å². The maximum absolute atomic E-state index is 15.6. The Morgan fingerprint density at radius 2 is 1.83 bits per heavy atom. The maximum atomic E-state index is 15.6. The second kappa shape index (κ2) is 15.1. The molecule has 3 heterocycles. The molecular formula is C35H44FN5O5Si. The molecule has 12 heteroatoms. The first kappa shape index (κ1) is 34.1. The van der Waals surface area contributed by atoms with Gasteiger partial charge in [-0.05, 0) is 68.3 Å². The van der Waals surface area contributed by atoms with Crippen molar-refractivity contribution in [2.75, 3.05) is 26.7 Å². The average Bonchev–Trinajstić information content (AvgIpc) is 3.40. The molecule has 1 atom stereocenters. The number of benzene rings is 2. The minimum Gasteiger partial charge on any atom is -0.465 e. The lowest BCUT2D eigenvalue weighted by molar-refractivity contribution is -0.124. The predicted molar refractivity (Wildman–Crippen MR) is 183 cm³/mol. The van der Waals surface area contributed by atoms with Crippen LogP contribution >= 0.6 is 0 Å². The summed E-state index contributed by atoms with van der Waals surface area (Å²) >= 11 is 0. The number of hydrogen-bond donors (Lipinski definition) is 3. The van der Waals surface area contributed by atoms with Gasteiger partial charge in [0, 0.05) is 45.1 Å². The molecule has 0 radical (unpaired) electrons. The molecule has 1 saturated heterocycles. The summed E-state index contributed by atoms with van der Waals surface area (Å²) in [6, 6.07) is 15.9. The maximum Gasteiger partial charge on any atom is 0.405 e. The number of carbonyl (C=O) groups excluding carboxylic acids is 1. The summed E-state index contributed by atoms with van der Waals surface area (Å²) in [7, 11) is 0.776. The number of piperidine rings is 1. The van der Waals surface area contributed by atoms with Crippen molar-refractivity contribution < 1.29 is 28.6 Å². The number of nitrogens with zero attached hydrogens (tertiary/aromatic N) is 3. The second-order valence-corrected chi connectivity index (χ2v) is 19.0. The highest BCUT2D eigenvalue weighted by molar-refractivity contribution is 6.76. The van der Waals surface area contributed by atoms with Crippen molar-refractivity contribution in [3.05, 3.63) is 78.4 Å². The normalized spacial score (nSPS) is 15.0. The Hall–Kier alpha value is -4.26. The van der Waals surface area contributed by atoms with Crippen LogP contribution < -0.4 is 15.4 Å². The molecule has 1 aliphatic rings. The molecule has 1 fully saturated rings. The van der Waals surface area contributed by atoms with Crippen LogP contribution in [0.5, 0.6) is 11.5 Å². The van der Waals surface area contributed by atoms with Crippen molar-refractivity contribution in [3.8, 4) is 22.6 Å². The molecule has 47 heavy (non-hydrogen) atoms. The van der Waals surface area contributed by atoms with E-state index in [1.165, 1.54) is 12.1 Å². The van der Waals surface area contributed by atoms with E-state index in [4.69, 9.17) is 9.47 Å². The van der Waals surface area contributed by atoms with E-state index in [-0.39, 0.29) is 18.2 Å². The molecule has 2 aromatic heterocycles. The Balaban J connectivity index is 1.36. The summed E-state index contributed by atoms with van der Waals surface area (Å²) in [5.74, 6) is -0.626. The molecule has 3 N–H and O–H groups in total. The van der Waals surface area contributed by atoms with Crippen molar-refractivity contribution in [2.24, 2.45) is 0 Å². The van der Waals surface area contributed by atoms with Gasteiger partial charge in [0.25, 0.3) is 0 Å². The lowest BCUT2D eigenvalue weighted by atomic mass is 10.0. The molecule has 4 aromatic rings. The molecule has 1 aliphatic heterocycles. The van der Waals surface area contributed by atoms with Crippen LogP contribution in [-0.2, 0) is 22.7 Å². The Morgan fingerprint density at radius 1 is 1.09 bits per heavy atom. The van der Waals surface area contributed by atoms with Crippen molar-refractivity contribution in [1.82, 2.24) is 25.1 Å². The number of amides is 2. The van der Waals surface area contributed by atoms with Crippen LogP contribution in [0.25, 0.3) is 22.2 Å². The van der Waals surface area contributed by atoms with E-state index >= 15 is 4.39 Å². The fraction of sp³-hybridized carbons (Fsp3) is 0.400. The Labute approximate surface area is 275 Å². The highest BCUT2D eigenvalue weighted by Crippen LogP contribution is 2.38. The summed E-state index contributed by atoms with van der Waals surface area (Å²) in [6.45, 7) is 9.61. The number of hydrogen-bond acceptors (Lipinski definition) is 6. The number of carbonyl (C=O) groups is 2. The van der Waals surface area contributed by atoms with Crippen LogP contribution in [0.1, 0.15) is 18.4 Å². The molecule has 2 aromatic carbocycles. The number of nitrogens with one attached hydrogen (secondary N) is 2. The van der Waals surface area contributed by atoms with Gasteiger partial charge in [-0.25, -0.2) is 14.2 Å². The zero-order valence-electron chi connectivity index (χ0n) is 27.5. The summed E-state index contributed by atoms with van der Waals surface area (Å²) in [4.78, 5) is 31.4. The fourth-order valence-electron chi connectivity index (χ4n) is 5.67. The van der Waals surface area contributed by atoms with Gasteiger partial charge in [-0.15, -0.1) is 0 Å². The average molecular weight is 662 g/mol. The number of halogens is 1. The van der Waals surface area contributed by atoms with Crippen LogP contribution in [0.15, 0.2) is 67.0 Å². The van der Waals surface area contributed by atoms with Gasteiger partial charge in [0.1, 0.15) is 24.2 Å². The van der Waals surface area contributed by atoms with Gasteiger partial charge in [-0.2, -0.15) is 0 Å². The first-order valence-electron chi connectivity index (χ1n) is 16.0. The van der Waals surface area contributed by atoms with E-state index in [0.717, 1.165) is 48.5 Å². The molecule has 1 unspecified atom stereocenters. The van der Waals surface area contributed by atoms with Crippen molar-refractivity contribution in [2.45, 2.75) is 63.8 Å². The minimum absolute atomic E-state index is 0.00193. The zero-order valence-corrected chi connectivity index (χ0v) is 28.5. The topological polar surface area (TPSA) is 118 Å². The highest BCUT2D eigenvalue weighted by atomic mass is 28.3. The molecule has 10 nitrogen and oxygen atoms in total. The van der Waals surface area contributed by atoms with Gasteiger partial charge in [0.05, 0.1) is 5.39 Å². The Morgan fingerprint density at radius 3 is 2.51 bits per heavy atom. The SMILES string of the molecule is CN1CCC(NC(=O)C(Cc2ccc(Oc3ccnc4c3c(-c3ccccc3)cn4COCC[Si](C)(C)C)c(F)c2)NC(=O)O)CC1. The van der Waals surface area contributed by atoms with Crippen LogP contribution in [0.4, 0.5) is 9.18 Å². The van der Waals surface area contributed by atoms with Crippen LogP contribution in [-0.4, -0.2) is 78.5 Å². The number of fused-ring (bicyclic) bond motifs is 1. The van der Waals surface area contributed by atoms with Crippen molar-refractivity contribution >= 4 is 31.1 Å². The standard InChI is InChI=1S/C35H44FN5O5Si/c1-40-16-13-26(14-17-40)38-34(42)29(39-35(43)44)21-24-10-11-30(28(36)20-24)46-31-12-15-37-33-32(31)27(25-8-6-5-7-9-25)22-41(33)23-45-18-19-47(2,3)4/h5-12,15,20,22,26,29,39H,13-14,16-19,21,23H2,1-4H3,(H,38,42)(H,43,44). The van der Waals surface area contributed by atoms with E-state index in [1.807, 2.05) is 48.1 Å². The lowest BCUT2D eigenvalue weighted by Gasteiger charge is -2.30. The highest BCUT2D eigenvalue weighted by Gasteiger charge is 2.26. The number of rotatable bonds is 13. The molecule has 0 saturated carbocycles. The van der Waals surface area contributed by atoms with E-state index < -0.39 is 31.9 Å². The van der Waals surface area contributed by atoms with Gasteiger partial charge in [-0.1, -0.05) is 56.0 Å². The zero-order chi connectivity index (χ0) is 33.6. The van der Waals surface area contributed by atoms with E-state index in [2.05, 4.69) is 40.2 Å². The summed E-state index contributed by atoms with van der Waals surface area (Å²) < 4.78 is 29.8. The van der Waals surface area contributed by atoms with Gasteiger partial charge in [0.15, 0.2) is 11.6 Å². The van der Waals surface area contributed by atoms with Gasteiger partial charge < -0.3 is 34.7 Å². The molecule has 250 valence electrons. The molecule has 0 bridgehead atoms. The van der Waals surface area contributed by atoms with E-state index in [9.17, 15) is 14.7 Å². The summed E-state index contributed by atoms with van der Waals surface area (Å²) in [5, 5.41) is 15.4. The fourth-order valence-corrected chi connectivity index (χ4v) is 6.43. The number of ether oxygens (including phenoxy) is 2. The van der Waals surface area contributed by atoms with Crippen molar-refractivity contribution in [3.63, 3.8) is 0 Å². The Bertz CT molecular complexity index is 1690. The third-order valence-corrected chi connectivity index (χ3v) is 10.1. The van der Waals surface area contributed by atoms with Gasteiger partial charge >= 0.3 is 6.09 Å². The van der Waals surface area contributed by atoms with E-state index in [1.54, 1.807) is 18.3 Å². The minimum atomic E-state index is -1.32. The third-order valence-electron chi connectivity index (χ3n) is 8.37. The Kier molecular flexibility index (Phi) is 10.9. The van der Waals surface area contributed by atoms with Gasteiger partial charge in [0.2, 0.25) is 5.91 Å². The van der Waals surface area contributed by atoms with Crippen molar-refractivity contribution in [1.29, 1.82) is 0 Å². The molecule has 0 aliphatic carbocycles. The molecule has 0 spiro atoms. The number of pyridine rings is 1. The smallest absolute Gasteiger partial charge is 0.405 e. The molecule has 2 amide bonds. The predicted octanol–water partition coefficient (Wildman–Crippen LogP) is 6.34.